The fourth-order valence-electron chi connectivity index (χ4n) is 3.46. The number of carbonyl (C=O) groups is 1. The summed E-state index contributed by atoms with van der Waals surface area (Å²) in [5, 5.41) is 7.53. The molecule has 0 saturated carbocycles. The first kappa shape index (κ1) is 21.3. The van der Waals surface area contributed by atoms with Crippen molar-refractivity contribution >= 4 is 11.6 Å². The summed E-state index contributed by atoms with van der Waals surface area (Å²) in [5.41, 5.74) is 4.09. The van der Waals surface area contributed by atoms with E-state index in [-0.39, 0.29) is 18.1 Å². The van der Waals surface area contributed by atoms with Crippen LogP contribution >= 0.6 is 0 Å². The first-order chi connectivity index (χ1) is 15.5. The third-order valence-corrected chi connectivity index (χ3v) is 5.07. The van der Waals surface area contributed by atoms with Crippen molar-refractivity contribution in [1.29, 1.82) is 0 Å². The standard InChI is InChI=1S/C26H24FN3O2/c1-18-7-6-10-23(17-18)32-26-24(15-16-25(31)28-21-8-4-3-5-9-21)19(2)29-30(26)22-13-11-20(27)12-14-22/h3-14,17H,15-16H2,1-2H3,(H,28,31). The Bertz CT molecular complexity index is 1220. The van der Waals surface area contributed by atoms with Crippen LogP contribution in [-0.4, -0.2) is 15.7 Å². The quantitative estimate of drug-likeness (QED) is 0.392. The molecule has 0 unspecified atom stereocenters. The lowest BCUT2D eigenvalue weighted by Gasteiger charge is -2.12. The summed E-state index contributed by atoms with van der Waals surface area (Å²) < 4.78 is 21.4. The van der Waals surface area contributed by atoms with Crippen LogP contribution in [0.3, 0.4) is 0 Å². The number of nitrogens with one attached hydrogen (secondary N) is 1. The number of aryl methyl sites for hydroxylation is 2. The van der Waals surface area contributed by atoms with Crippen LogP contribution in [0.15, 0.2) is 78.9 Å². The molecule has 32 heavy (non-hydrogen) atoms. The summed E-state index contributed by atoms with van der Waals surface area (Å²) in [7, 11) is 0. The number of hydrogen-bond acceptors (Lipinski definition) is 3. The van der Waals surface area contributed by atoms with E-state index in [2.05, 4.69) is 10.4 Å². The fourth-order valence-corrected chi connectivity index (χ4v) is 3.46. The van der Waals surface area contributed by atoms with Crippen molar-refractivity contribution in [2.75, 3.05) is 5.32 Å². The molecule has 1 aromatic heterocycles. The molecule has 5 nitrogen and oxygen atoms in total. The lowest BCUT2D eigenvalue weighted by atomic mass is 10.1. The maximum Gasteiger partial charge on any atom is 0.226 e. The molecule has 1 heterocycles. The highest BCUT2D eigenvalue weighted by atomic mass is 19.1. The van der Waals surface area contributed by atoms with E-state index >= 15 is 0 Å². The van der Waals surface area contributed by atoms with Crippen LogP contribution in [0.25, 0.3) is 5.69 Å². The summed E-state index contributed by atoms with van der Waals surface area (Å²) >= 11 is 0. The molecule has 0 fully saturated rings. The zero-order valence-electron chi connectivity index (χ0n) is 18.0. The van der Waals surface area contributed by atoms with E-state index in [1.54, 1.807) is 16.8 Å². The minimum atomic E-state index is -0.323. The molecule has 0 atom stereocenters. The first-order valence-electron chi connectivity index (χ1n) is 10.4. The Morgan fingerprint density at radius 2 is 1.75 bits per heavy atom. The summed E-state index contributed by atoms with van der Waals surface area (Å²) in [6.45, 7) is 3.87. The molecule has 4 aromatic rings. The van der Waals surface area contributed by atoms with Crippen LogP contribution in [-0.2, 0) is 11.2 Å². The molecule has 4 rings (SSSR count). The Labute approximate surface area is 186 Å². The van der Waals surface area contributed by atoms with Crippen molar-refractivity contribution in [2.45, 2.75) is 26.7 Å². The first-order valence-corrected chi connectivity index (χ1v) is 10.4. The van der Waals surface area contributed by atoms with Crippen LogP contribution in [0, 0.1) is 19.7 Å². The summed E-state index contributed by atoms with van der Waals surface area (Å²) in [6, 6.07) is 23.1. The molecule has 0 aliphatic carbocycles. The van der Waals surface area contributed by atoms with E-state index in [0.29, 0.717) is 23.7 Å². The molecular formula is C26H24FN3O2. The highest BCUT2D eigenvalue weighted by molar-refractivity contribution is 5.90. The van der Waals surface area contributed by atoms with Gasteiger partial charge in [-0.05, 0) is 74.4 Å². The van der Waals surface area contributed by atoms with Crippen molar-refractivity contribution < 1.29 is 13.9 Å². The minimum Gasteiger partial charge on any atom is -0.439 e. The molecule has 0 radical (unpaired) electrons. The Balaban J connectivity index is 1.63. The number of ether oxygens (including phenoxy) is 1. The summed E-state index contributed by atoms with van der Waals surface area (Å²) in [4.78, 5) is 12.5. The minimum absolute atomic E-state index is 0.0911. The lowest BCUT2D eigenvalue weighted by molar-refractivity contribution is -0.116. The van der Waals surface area contributed by atoms with Crippen LogP contribution < -0.4 is 10.1 Å². The monoisotopic (exact) mass is 429 g/mol. The molecule has 162 valence electrons. The number of para-hydroxylation sites is 1. The third kappa shape index (κ3) is 5.03. The van der Waals surface area contributed by atoms with Crippen LogP contribution in [0.4, 0.5) is 10.1 Å². The van der Waals surface area contributed by atoms with Crippen molar-refractivity contribution in [1.82, 2.24) is 9.78 Å². The molecule has 0 bridgehead atoms. The maximum absolute atomic E-state index is 13.5. The number of amides is 1. The van der Waals surface area contributed by atoms with Crippen LogP contribution in [0.5, 0.6) is 11.6 Å². The van der Waals surface area contributed by atoms with Gasteiger partial charge in [0.2, 0.25) is 11.8 Å². The van der Waals surface area contributed by atoms with Gasteiger partial charge in [-0.15, -0.1) is 0 Å². The van der Waals surface area contributed by atoms with Gasteiger partial charge in [0.25, 0.3) is 0 Å². The molecular weight excluding hydrogens is 405 g/mol. The maximum atomic E-state index is 13.5. The molecule has 1 N–H and O–H groups in total. The van der Waals surface area contributed by atoms with Crippen molar-refractivity contribution in [3.8, 4) is 17.3 Å². The number of halogens is 1. The van der Waals surface area contributed by atoms with E-state index in [9.17, 15) is 9.18 Å². The van der Waals surface area contributed by atoms with Gasteiger partial charge in [-0.2, -0.15) is 5.10 Å². The predicted molar refractivity (Wildman–Crippen MR) is 123 cm³/mol. The van der Waals surface area contributed by atoms with Gasteiger partial charge in [0.15, 0.2) is 0 Å². The van der Waals surface area contributed by atoms with Gasteiger partial charge in [-0.25, -0.2) is 9.07 Å². The SMILES string of the molecule is Cc1cccc(Oc2c(CCC(=O)Nc3ccccc3)c(C)nn2-c2ccc(F)cc2)c1. The van der Waals surface area contributed by atoms with Crippen molar-refractivity contribution in [3.05, 3.63) is 102 Å². The van der Waals surface area contributed by atoms with Gasteiger partial charge in [0, 0.05) is 17.7 Å². The number of hydrogen-bond donors (Lipinski definition) is 1. The van der Waals surface area contributed by atoms with Gasteiger partial charge in [-0.3, -0.25) is 4.79 Å². The number of nitrogens with zero attached hydrogens (tertiary/aromatic N) is 2. The zero-order valence-corrected chi connectivity index (χ0v) is 18.0. The Morgan fingerprint density at radius 3 is 2.47 bits per heavy atom. The summed E-state index contributed by atoms with van der Waals surface area (Å²) in [5.74, 6) is 0.777. The van der Waals surface area contributed by atoms with E-state index in [1.165, 1.54) is 12.1 Å². The second-order valence-corrected chi connectivity index (χ2v) is 7.59. The molecule has 0 spiro atoms. The van der Waals surface area contributed by atoms with Gasteiger partial charge < -0.3 is 10.1 Å². The smallest absolute Gasteiger partial charge is 0.226 e. The van der Waals surface area contributed by atoms with Crippen molar-refractivity contribution in [3.63, 3.8) is 0 Å². The van der Waals surface area contributed by atoms with Crippen LogP contribution in [0.2, 0.25) is 0 Å². The van der Waals surface area contributed by atoms with Gasteiger partial charge in [0.05, 0.1) is 11.4 Å². The highest BCUT2D eigenvalue weighted by Crippen LogP contribution is 2.32. The Kier molecular flexibility index (Phi) is 6.31. The van der Waals surface area contributed by atoms with E-state index in [1.807, 2.05) is 68.4 Å². The third-order valence-electron chi connectivity index (χ3n) is 5.07. The average Bonchev–Trinajstić information content (AvgIpc) is 3.08. The van der Waals surface area contributed by atoms with Gasteiger partial charge in [-0.1, -0.05) is 30.3 Å². The molecule has 0 aliphatic heterocycles. The van der Waals surface area contributed by atoms with E-state index in [0.717, 1.165) is 22.5 Å². The molecule has 3 aromatic carbocycles. The molecule has 1 amide bonds. The second kappa shape index (κ2) is 9.47. The number of carbonyl (C=O) groups excluding carboxylic acids is 1. The lowest BCUT2D eigenvalue weighted by Crippen LogP contribution is -2.12. The van der Waals surface area contributed by atoms with Crippen molar-refractivity contribution in [2.24, 2.45) is 0 Å². The topological polar surface area (TPSA) is 56.1 Å². The normalized spacial score (nSPS) is 10.7. The van der Waals surface area contributed by atoms with Gasteiger partial charge >= 0.3 is 0 Å². The number of anilines is 1. The molecule has 6 heteroatoms. The van der Waals surface area contributed by atoms with Gasteiger partial charge in [0.1, 0.15) is 11.6 Å². The number of rotatable bonds is 7. The Hall–Kier alpha value is -3.93. The molecule has 0 saturated heterocycles. The highest BCUT2D eigenvalue weighted by Gasteiger charge is 2.20. The number of benzene rings is 3. The average molecular weight is 429 g/mol. The second-order valence-electron chi connectivity index (χ2n) is 7.59. The van der Waals surface area contributed by atoms with E-state index in [4.69, 9.17) is 4.74 Å². The zero-order chi connectivity index (χ0) is 22.5. The Morgan fingerprint density at radius 1 is 1.00 bits per heavy atom. The summed E-state index contributed by atoms with van der Waals surface area (Å²) in [6.07, 6.45) is 0.724. The fraction of sp³-hybridized carbons (Fsp3) is 0.154. The number of aromatic nitrogens is 2. The molecule has 0 aliphatic rings. The van der Waals surface area contributed by atoms with Crippen LogP contribution in [0.1, 0.15) is 23.2 Å². The largest absolute Gasteiger partial charge is 0.439 e. The van der Waals surface area contributed by atoms with E-state index < -0.39 is 0 Å². The predicted octanol–water partition coefficient (Wildman–Crippen LogP) is 5.99.